The number of piperidine rings is 1. The van der Waals surface area contributed by atoms with Gasteiger partial charge in [0.05, 0.1) is 0 Å². The summed E-state index contributed by atoms with van der Waals surface area (Å²) in [5.41, 5.74) is 2.73. The second kappa shape index (κ2) is 6.91. The molecule has 19 heavy (non-hydrogen) atoms. The van der Waals surface area contributed by atoms with Crippen LogP contribution in [-0.4, -0.2) is 12.6 Å². The van der Waals surface area contributed by atoms with E-state index in [1.54, 1.807) is 0 Å². The normalized spacial score (nSPS) is 24.2. The van der Waals surface area contributed by atoms with Crippen molar-refractivity contribution >= 4 is 6.08 Å². The molecule has 0 saturated carbocycles. The average molecular weight is 257 g/mol. The minimum absolute atomic E-state index is 0.559. The van der Waals surface area contributed by atoms with Gasteiger partial charge in [0.15, 0.2) is 0 Å². The molecule has 1 aromatic carbocycles. The summed E-state index contributed by atoms with van der Waals surface area (Å²) < 4.78 is 0. The summed E-state index contributed by atoms with van der Waals surface area (Å²) in [6.45, 7) is 7.95. The van der Waals surface area contributed by atoms with E-state index < -0.39 is 0 Å². The van der Waals surface area contributed by atoms with E-state index in [2.05, 4.69) is 62.5 Å². The summed E-state index contributed by atoms with van der Waals surface area (Å²) in [6.07, 6.45) is 8.54. The van der Waals surface area contributed by atoms with E-state index in [1.165, 1.54) is 36.9 Å². The van der Waals surface area contributed by atoms with Crippen molar-refractivity contribution in [2.75, 3.05) is 6.54 Å². The van der Waals surface area contributed by atoms with E-state index in [9.17, 15) is 0 Å². The molecule has 1 N–H and O–H groups in total. The summed E-state index contributed by atoms with van der Waals surface area (Å²) in [4.78, 5) is 0. The molecule has 0 radical (unpaired) electrons. The highest BCUT2D eigenvalue weighted by Gasteiger charge is 2.17. The third kappa shape index (κ3) is 4.21. The highest BCUT2D eigenvalue weighted by atomic mass is 14.9. The van der Waals surface area contributed by atoms with E-state index in [4.69, 9.17) is 0 Å². The van der Waals surface area contributed by atoms with Crippen LogP contribution in [0.25, 0.3) is 6.08 Å². The van der Waals surface area contributed by atoms with Gasteiger partial charge in [0.2, 0.25) is 0 Å². The topological polar surface area (TPSA) is 12.0 Å². The lowest BCUT2D eigenvalue weighted by Crippen LogP contribution is -2.36. The molecule has 1 aliphatic rings. The van der Waals surface area contributed by atoms with E-state index in [1.807, 2.05) is 0 Å². The van der Waals surface area contributed by atoms with Gasteiger partial charge < -0.3 is 5.32 Å². The van der Waals surface area contributed by atoms with Gasteiger partial charge in [-0.3, -0.25) is 0 Å². The Morgan fingerprint density at radius 2 is 2.00 bits per heavy atom. The van der Waals surface area contributed by atoms with Gasteiger partial charge in [-0.1, -0.05) is 63.6 Å². The Kier molecular flexibility index (Phi) is 5.21. The molecule has 1 heterocycles. The fraction of sp³-hybridized carbons (Fsp3) is 0.556. The molecule has 2 rings (SSSR count). The van der Waals surface area contributed by atoms with Crippen LogP contribution in [0.1, 0.15) is 57.1 Å². The number of nitrogens with one attached hydrogen (secondary N) is 1. The zero-order chi connectivity index (χ0) is 13.7. The second-order valence-electron chi connectivity index (χ2n) is 6.04. The smallest absolute Gasteiger partial charge is 0.0255 e. The van der Waals surface area contributed by atoms with Gasteiger partial charge in [0.1, 0.15) is 0 Å². The molecule has 0 spiro atoms. The third-order valence-corrected chi connectivity index (χ3v) is 4.25. The first-order chi connectivity index (χ1) is 9.19. The van der Waals surface area contributed by atoms with Gasteiger partial charge in [-0.25, -0.2) is 0 Å². The number of benzene rings is 1. The van der Waals surface area contributed by atoms with Crippen LogP contribution in [0.4, 0.5) is 0 Å². The van der Waals surface area contributed by atoms with Crippen molar-refractivity contribution in [1.82, 2.24) is 5.32 Å². The quantitative estimate of drug-likeness (QED) is 0.831. The number of hydrogen-bond donors (Lipinski definition) is 1. The fourth-order valence-electron chi connectivity index (χ4n) is 2.77. The lowest BCUT2D eigenvalue weighted by molar-refractivity contribution is 0.326. The largest absolute Gasteiger partial charge is 0.310 e. The van der Waals surface area contributed by atoms with Crippen LogP contribution in [0, 0.1) is 5.92 Å². The predicted molar refractivity (Wildman–Crippen MR) is 84.4 cm³/mol. The van der Waals surface area contributed by atoms with Crippen LogP contribution >= 0.6 is 0 Å². The second-order valence-corrected chi connectivity index (χ2v) is 6.04. The van der Waals surface area contributed by atoms with Crippen molar-refractivity contribution < 1.29 is 0 Å². The SMILES string of the molecule is CCC1CCNC(/C=C/c2ccc(C(C)C)cc2)C1. The summed E-state index contributed by atoms with van der Waals surface area (Å²) in [5.74, 6) is 1.52. The Labute approximate surface area is 118 Å². The number of rotatable bonds is 4. The highest BCUT2D eigenvalue weighted by Crippen LogP contribution is 2.21. The van der Waals surface area contributed by atoms with Crippen LogP contribution in [0.2, 0.25) is 0 Å². The van der Waals surface area contributed by atoms with Crippen LogP contribution in [0.5, 0.6) is 0 Å². The molecular formula is C18H27N. The van der Waals surface area contributed by atoms with Crippen molar-refractivity contribution in [3.8, 4) is 0 Å². The van der Waals surface area contributed by atoms with Crippen LogP contribution in [-0.2, 0) is 0 Å². The monoisotopic (exact) mass is 257 g/mol. The summed E-state index contributed by atoms with van der Waals surface area (Å²) >= 11 is 0. The zero-order valence-electron chi connectivity index (χ0n) is 12.5. The maximum Gasteiger partial charge on any atom is 0.0255 e. The third-order valence-electron chi connectivity index (χ3n) is 4.25. The molecule has 0 bridgehead atoms. The van der Waals surface area contributed by atoms with E-state index in [0.717, 1.165) is 5.92 Å². The molecule has 2 atom stereocenters. The molecule has 1 saturated heterocycles. The molecule has 1 aliphatic heterocycles. The Morgan fingerprint density at radius 1 is 1.26 bits per heavy atom. The molecule has 1 heteroatoms. The number of hydrogen-bond acceptors (Lipinski definition) is 1. The van der Waals surface area contributed by atoms with Gasteiger partial charge in [0, 0.05) is 6.04 Å². The summed E-state index contributed by atoms with van der Waals surface area (Å²) in [5, 5.41) is 3.60. The van der Waals surface area contributed by atoms with Crippen molar-refractivity contribution in [2.45, 2.75) is 52.0 Å². The van der Waals surface area contributed by atoms with Crippen molar-refractivity contribution in [1.29, 1.82) is 0 Å². The first kappa shape index (κ1) is 14.3. The highest BCUT2D eigenvalue weighted by molar-refractivity contribution is 5.50. The van der Waals surface area contributed by atoms with Gasteiger partial charge in [0.25, 0.3) is 0 Å². The van der Waals surface area contributed by atoms with Crippen molar-refractivity contribution in [3.05, 3.63) is 41.5 Å². The zero-order valence-corrected chi connectivity index (χ0v) is 12.5. The van der Waals surface area contributed by atoms with Crippen LogP contribution in [0.15, 0.2) is 30.3 Å². The lowest BCUT2D eigenvalue weighted by atomic mass is 9.90. The molecule has 104 valence electrons. The minimum Gasteiger partial charge on any atom is -0.310 e. The van der Waals surface area contributed by atoms with Crippen LogP contribution in [0.3, 0.4) is 0 Å². The Balaban J connectivity index is 1.94. The van der Waals surface area contributed by atoms with E-state index >= 15 is 0 Å². The standard InChI is InChI=1S/C18H27N/c1-4-15-11-12-19-18(13-15)10-7-16-5-8-17(9-6-16)14(2)3/h5-10,14-15,18-19H,4,11-13H2,1-3H3/b10-7+. The molecule has 0 aliphatic carbocycles. The molecule has 0 amide bonds. The first-order valence-corrected chi connectivity index (χ1v) is 7.70. The molecule has 0 aromatic heterocycles. The molecule has 2 unspecified atom stereocenters. The average Bonchev–Trinajstić information content (AvgIpc) is 2.46. The van der Waals surface area contributed by atoms with Gasteiger partial charge >= 0.3 is 0 Å². The van der Waals surface area contributed by atoms with Gasteiger partial charge in [-0.05, 0) is 42.3 Å². The summed E-state index contributed by atoms with van der Waals surface area (Å²) in [6, 6.07) is 9.50. The first-order valence-electron chi connectivity index (χ1n) is 7.70. The lowest BCUT2D eigenvalue weighted by Gasteiger charge is -2.27. The Bertz CT molecular complexity index is 402. The van der Waals surface area contributed by atoms with E-state index in [-0.39, 0.29) is 0 Å². The van der Waals surface area contributed by atoms with Gasteiger partial charge in [-0.2, -0.15) is 0 Å². The van der Waals surface area contributed by atoms with Gasteiger partial charge in [-0.15, -0.1) is 0 Å². The fourth-order valence-corrected chi connectivity index (χ4v) is 2.77. The molecule has 1 nitrogen and oxygen atoms in total. The maximum atomic E-state index is 3.60. The summed E-state index contributed by atoms with van der Waals surface area (Å²) in [7, 11) is 0. The Hall–Kier alpha value is -1.08. The minimum atomic E-state index is 0.559. The predicted octanol–water partition coefficient (Wildman–Crippen LogP) is 4.60. The van der Waals surface area contributed by atoms with Crippen molar-refractivity contribution in [2.24, 2.45) is 5.92 Å². The van der Waals surface area contributed by atoms with Crippen LogP contribution < -0.4 is 5.32 Å². The maximum absolute atomic E-state index is 3.60. The molecule has 1 fully saturated rings. The van der Waals surface area contributed by atoms with E-state index in [0.29, 0.717) is 12.0 Å². The molecule has 1 aromatic rings. The van der Waals surface area contributed by atoms with Crippen molar-refractivity contribution in [3.63, 3.8) is 0 Å². The Morgan fingerprint density at radius 3 is 2.63 bits per heavy atom. The molecular weight excluding hydrogens is 230 g/mol.